The lowest BCUT2D eigenvalue weighted by atomic mass is 9.83. The molecule has 7 N–H and O–H groups in total. The van der Waals surface area contributed by atoms with Crippen molar-refractivity contribution in [2.24, 2.45) is 5.73 Å². The predicted molar refractivity (Wildman–Crippen MR) is 224 cm³/mol. The molecular formula is C43H47N4O8S2+. The Morgan fingerprint density at radius 2 is 1.12 bits per heavy atom. The summed E-state index contributed by atoms with van der Waals surface area (Å²) in [5.41, 5.74) is 15.7. The molecule has 0 bridgehead atoms. The average molecular weight is 812 g/mol. The third-order valence-corrected chi connectivity index (χ3v) is 11.6. The molecule has 0 spiro atoms. The lowest BCUT2D eigenvalue weighted by Crippen LogP contribution is -2.17. The number of nitrogens with two attached hydrogens (primary N) is 1. The molecule has 5 rings (SSSR count). The zero-order valence-corrected chi connectivity index (χ0v) is 34.3. The third-order valence-electron chi connectivity index (χ3n) is 9.83. The first-order valence-electron chi connectivity index (χ1n) is 18.5. The van der Waals surface area contributed by atoms with Gasteiger partial charge in [0.15, 0.2) is 0 Å². The van der Waals surface area contributed by atoms with Crippen LogP contribution in [0.3, 0.4) is 0 Å². The lowest BCUT2D eigenvalue weighted by Gasteiger charge is -2.21. The molecule has 0 radical (unpaired) electrons. The lowest BCUT2D eigenvalue weighted by molar-refractivity contribution is -0.105. The summed E-state index contributed by atoms with van der Waals surface area (Å²) in [6, 6.07) is 20.8. The van der Waals surface area contributed by atoms with Crippen molar-refractivity contribution >= 4 is 61.0 Å². The van der Waals surface area contributed by atoms with E-state index in [1.807, 2.05) is 41.5 Å². The number of nitrogens with one attached hydrogen (secondary N) is 3. The second-order valence-electron chi connectivity index (χ2n) is 13.7. The van der Waals surface area contributed by atoms with Crippen LogP contribution in [0.15, 0.2) is 88.7 Å². The first kappa shape index (κ1) is 42.5. The van der Waals surface area contributed by atoms with Gasteiger partial charge < -0.3 is 21.7 Å². The van der Waals surface area contributed by atoms with E-state index in [0.717, 1.165) is 69.7 Å². The highest BCUT2D eigenvalue weighted by atomic mass is 32.2. The molecule has 14 heteroatoms. The van der Waals surface area contributed by atoms with Gasteiger partial charge in [-0.3, -0.25) is 18.7 Å². The highest BCUT2D eigenvalue weighted by Gasteiger charge is 2.34. The topological polar surface area (TPSA) is 205 Å². The number of primary amides is 1. The molecule has 0 unspecified atom stereocenters. The molecule has 2 amide bonds. The number of anilines is 5. The maximum absolute atomic E-state index is 13.2. The Balaban J connectivity index is 1.77. The van der Waals surface area contributed by atoms with E-state index in [1.165, 1.54) is 6.07 Å². The number of benzene rings is 5. The molecule has 5 aromatic rings. The van der Waals surface area contributed by atoms with E-state index < -0.39 is 35.9 Å². The van der Waals surface area contributed by atoms with Crippen LogP contribution in [0.25, 0.3) is 0 Å². The first-order chi connectivity index (χ1) is 26.9. The van der Waals surface area contributed by atoms with Crippen molar-refractivity contribution in [2.75, 3.05) is 16.0 Å². The Kier molecular flexibility index (Phi) is 12.8. The third kappa shape index (κ3) is 9.32. The second kappa shape index (κ2) is 17.2. The van der Waals surface area contributed by atoms with E-state index in [-0.39, 0.29) is 22.6 Å². The fourth-order valence-corrected chi connectivity index (χ4v) is 8.46. The number of amides is 2. The summed E-state index contributed by atoms with van der Waals surface area (Å²) < 4.78 is 70.5. The fourth-order valence-electron chi connectivity index (χ4n) is 7.15. The molecule has 0 fully saturated rings. The van der Waals surface area contributed by atoms with E-state index in [0.29, 0.717) is 47.9 Å². The van der Waals surface area contributed by atoms with Gasteiger partial charge in [0, 0.05) is 29.6 Å². The minimum absolute atomic E-state index is 0.0562. The Morgan fingerprint density at radius 1 is 0.649 bits per heavy atom. The number of hydrogen-bond acceptors (Lipinski definition) is 8. The molecule has 0 atom stereocenters. The van der Waals surface area contributed by atoms with Gasteiger partial charge in [-0.25, -0.2) is 0 Å². The van der Waals surface area contributed by atoms with Crippen molar-refractivity contribution in [1.29, 1.82) is 0 Å². The van der Waals surface area contributed by atoms with Crippen LogP contribution >= 0.6 is 0 Å². The molecular weight excluding hydrogens is 765 g/mol. The molecule has 0 aromatic heterocycles. The van der Waals surface area contributed by atoms with Crippen LogP contribution in [0, 0.1) is 19.8 Å². The summed E-state index contributed by atoms with van der Waals surface area (Å²) in [6.07, 6.45) is 3.39. The maximum atomic E-state index is 13.2. The molecule has 0 aliphatic carbocycles. The summed E-state index contributed by atoms with van der Waals surface area (Å²) in [4.78, 5) is 23.6. The SMILES string of the molecule is CCc1cc(C)cc(CC)c1Nc1ccc([C+](c2ccc(Nc3c(CC)cc(C)cc3CC)c(C(N)=O)c2)c2ccc(S(=O)(=O)O)cc2S(=O)(=O)O)cc1NC=O. The highest BCUT2D eigenvalue weighted by Crippen LogP contribution is 2.41. The normalized spacial score (nSPS) is 11.6. The zero-order valence-electron chi connectivity index (χ0n) is 32.6. The van der Waals surface area contributed by atoms with Gasteiger partial charge in [0.1, 0.15) is 9.79 Å². The van der Waals surface area contributed by atoms with Gasteiger partial charge in [-0.2, -0.15) is 16.8 Å². The molecule has 0 saturated heterocycles. The van der Waals surface area contributed by atoms with Crippen LogP contribution < -0.4 is 21.7 Å². The minimum atomic E-state index is -5.14. The number of aryl methyl sites for hydroxylation is 6. The average Bonchev–Trinajstić information content (AvgIpc) is 3.16. The molecule has 0 aliphatic rings. The van der Waals surface area contributed by atoms with Gasteiger partial charge in [0.25, 0.3) is 16.0 Å². The van der Waals surface area contributed by atoms with E-state index in [2.05, 4.69) is 40.2 Å². The smallest absolute Gasteiger partial charge is 0.315 e. The molecule has 57 heavy (non-hydrogen) atoms. The maximum Gasteiger partial charge on any atom is 0.315 e. The molecule has 0 aliphatic heterocycles. The number of carbonyl (C=O) groups is 2. The van der Waals surface area contributed by atoms with Crippen LogP contribution in [0.5, 0.6) is 0 Å². The van der Waals surface area contributed by atoms with Crippen molar-refractivity contribution in [1.82, 2.24) is 0 Å². The van der Waals surface area contributed by atoms with Crippen molar-refractivity contribution in [3.05, 3.63) is 140 Å². The van der Waals surface area contributed by atoms with Crippen LogP contribution in [0.1, 0.15) is 88.1 Å². The fraction of sp³-hybridized carbons (Fsp3) is 0.233. The number of hydrogen-bond donors (Lipinski definition) is 6. The monoisotopic (exact) mass is 811 g/mol. The minimum Gasteiger partial charge on any atom is -0.365 e. The van der Waals surface area contributed by atoms with Crippen molar-refractivity contribution in [3.63, 3.8) is 0 Å². The summed E-state index contributed by atoms with van der Waals surface area (Å²) in [5, 5.41) is 9.61. The Bertz CT molecular complexity index is 2540. The van der Waals surface area contributed by atoms with Gasteiger partial charge in [-0.05, 0) is 98.2 Å². The van der Waals surface area contributed by atoms with Crippen LogP contribution in [0.4, 0.5) is 28.4 Å². The van der Waals surface area contributed by atoms with Gasteiger partial charge in [-0.15, -0.1) is 0 Å². The molecule has 5 aromatic carbocycles. The van der Waals surface area contributed by atoms with E-state index >= 15 is 0 Å². The van der Waals surface area contributed by atoms with E-state index in [1.54, 1.807) is 30.3 Å². The van der Waals surface area contributed by atoms with Gasteiger partial charge in [0.2, 0.25) is 6.41 Å². The number of carbonyl (C=O) groups excluding carboxylic acids is 2. The zero-order chi connectivity index (χ0) is 41.8. The van der Waals surface area contributed by atoms with Gasteiger partial charge >= 0.3 is 10.1 Å². The van der Waals surface area contributed by atoms with Crippen LogP contribution in [0.2, 0.25) is 0 Å². The highest BCUT2D eigenvalue weighted by molar-refractivity contribution is 7.86. The van der Waals surface area contributed by atoms with Gasteiger partial charge in [0.05, 0.1) is 45.2 Å². The Labute approximate surface area is 334 Å². The standard InChI is InChI=1S/C43H46N4O8S2/c1-7-27-17-25(5)18-28(8-2)41(27)46-36-15-11-31(21-35(36)43(44)49)40(34-14-13-33(56(50,51)52)23-39(34)57(53,54)55)32-12-16-37(38(22-32)45-24-48)47-42-29(9-3)19-26(6)20-30(42)10-4/h11-24,47H,7-10H2,1-6H3,(H5-,44,45,46,48,49,50,51,52,53,54,55)/p+1. The largest absolute Gasteiger partial charge is 0.365 e. The Hall–Kier alpha value is -5.67. The summed E-state index contributed by atoms with van der Waals surface area (Å²) in [7, 11) is -10.0. The Morgan fingerprint density at radius 3 is 1.56 bits per heavy atom. The summed E-state index contributed by atoms with van der Waals surface area (Å²) >= 11 is 0. The van der Waals surface area contributed by atoms with Crippen molar-refractivity contribution in [3.8, 4) is 0 Å². The van der Waals surface area contributed by atoms with Gasteiger partial charge in [-0.1, -0.05) is 63.1 Å². The van der Waals surface area contributed by atoms with Crippen LogP contribution in [-0.4, -0.2) is 38.3 Å². The molecule has 298 valence electrons. The van der Waals surface area contributed by atoms with Crippen LogP contribution in [-0.2, 0) is 50.7 Å². The predicted octanol–water partition coefficient (Wildman–Crippen LogP) is 8.22. The molecule has 0 saturated carbocycles. The van der Waals surface area contributed by atoms with Crippen molar-refractivity contribution in [2.45, 2.75) is 77.0 Å². The molecule has 12 nitrogen and oxygen atoms in total. The van der Waals surface area contributed by atoms with Crippen molar-refractivity contribution < 1.29 is 35.5 Å². The first-order valence-corrected chi connectivity index (χ1v) is 21.4. The number of rotatable bonds is 16. The quantitative estimate of drug-likeness (QED) is 0.0244. The van der Waals surface area contributed by atoms with E-state index in [9.17, 15) is 35.5 Å². The summed E-state index contributed by atoms with van der Waals surface area (Å²) in [6.45, 7) is 12.2. The second-order valence-corrected chi connectivity index (χ2v) is 16.5. The molecule has 0 heterocycles. The van der Waals surface area contributed by atoms with E-state index in [4.69, 9.17) is 5.73 Å². The summed E-state index contributed by atoms with van der Waals surface area (Å²) in [5.74, 6) is -0.672.